The number of hydrogen-bond donors (Lipinski definition) is 2. The fourth-order valence-corrected chi connectivity index (χ4v) is 4.26. The summed E-state index contributed by atoms with van der Waals surface area (Å²) in [5.74, 6) is 1.60. The molecule has 1 aliphatic carbocycles. The van der Waals surface area contributed by atoms with Gasteiger partial charge in [-0.15, -0.1) is 0 Å². The summed E-state index contributed by atoms with van der Waals surface area (Å²) in [5.41, 5.74) is 9.17. The Morgan fingerprint density at radius 3 is 2.37 bits per heavy atom. The number of H-pyrrole nitrogens is 1. The second kappa shape index (κ2) is 7.48. The Morgan fingerprint density at radius 1 is 1.03 bits per heavy atom. The van der Waals surface area contributed by atoms with Gasteiger partial charge in [0, 0.05) is 31.1 Å². The van der Waals surface area contributed by atoms with Gasteiger partial charge in [0.25, 0.3) is 0 Å². The predicted molar refractivity (Wildman–Crippen MR) is 115 cm³/mol. The molecule has 2 heterocycles. The summed E-state index contributed by atoms with van der Waals surface area (Å²) in [6, 6.07) is 15.6. The van der Waals surface area contributed by atoms with Gasteiger partial charge in [0.2, 0.25) is 5.91 Å². The second-order valence-electron chi connectivity index (χ2n) is 8.37. The van der Waals surface area contributed by atoms with Crippen LogP contribution in [0.3, 0.4) is 0 Å². The zero-order valence-corrected chi connectivity index (χ0v) is 16.8. The van der Waals surface area contributed by atoms with Gasteiger partial charge in [0.05, 0.1) is 5.69 Å². The number of nitrogens with one attached hydrogen (secondary N) is 1. The molecule has 7 nitrogen and oxygen atoms in total. The van der Waals surface area contributed by atoms with E-state index in [9.17, 15) is 9.59 Å². The van der Waals surface area contributed by atoms with Gasteiger partial charge < -0.3 is 10.6 Å². The van der Waals surface area contributed by atoms with Crippen LogP contribution >= 0.6 is 0 Å². The highest BCUT2D eigenvalue weighted by Crippen LogP contribution is 2.33. The van der Waals surface area contributed by atoms with Gasteiger partial charge in [-0.2, -0.15) is 5.10 Å². The lowest BCUT2D eigenvalue weighted by Crippen LogP contribution is -2.30. The van der Waals surface area contributed by atoms with Crippen molar-refractivity contribution in [3.63, 3.8) is 0 Å². The fraction of sp³-hybridized carbons (Fsp3) is 0.348. The molecule has 2 aromatic carbocycles. The van der Waals surface area contributed by atoms with Crippen LogP contribution < -0.4 is 11.4 Å². The fourth-order valence-electron chi connectivity index (χ4n) is 4.26. The Kier molecular flexibility index (Phi) is 4.65. The standard InChI is InChI=1S/C23H25N5O2/c24-19-7-3-16(4-8-19)17-5-9-20(10-6-17)28-21(25-26-23(28)30)13-15-11-12-27(14-15)22(29)18-1-2-18/h3-10,15,18H,1-2,11-14,24H2,(H,26,30). The molecule has 154 valence electrons. The molecule has 3 N–H and O–H groups in total. The number of hydrogen-bond acceptors (Lipinski definition) is 4. The van der Waals surface area contributed by atoms with E-state index in [2.05, 4.69) is 10.2 Å². The highest BCUT2D eigenvalue weighted by atomic mass is 16.2. The minimum atomic E-state index is -0.242. The van der Waals surface area contributed by atoms with E-state index < -0.39 is 0 Å². The van der Waals surface area contributed by atoms with E-state index in [4.69, 9.17) is 5.73 Å². The molecule has 2 fully saturated rings. The molecule has 0 radical (unpaired) electrons. The molecule has 0 bridgehead atoms. The van der Waals surface area contributed by atoms with E-state index in [1.165, 1.54) is 0 Å². The lowest BCUT2D eigenvalue weighted by molar-refractivity contribution is -0.131. The van der Waals surface area contributed by atoms with Crippen molar-refractivity contribution in [2.45, 2.75) is 25.7 Å². The Bertz CT molecular complexity index is 1110. The lowest BCUT2D eigenvalue weighted by atomic mass is 10.0. The number of nitrogen functional groups attached to an aromatic ring is 1. The van der Waals surface area contributed by atoms with Gasteiger partial charge in [0.15, 0.2) is 0 Å². The van der Waals surface area contributed by atoms with Crippen LogP contribution in [0, 0.1) is 11.8 Å². The normalized spacial score (nSPS) is 18.7. The van der Waals surface area contributed by atoms with Gasteiger partial charge in [-0.3, -0.25) is 4.79 Å². The van der Waals surface area contributed by atoms with Crippen molar-refractivity contribution in [3.05, 3.63) is 64.8 Å². The molecule has 1 aromatic heterocycles. The second-order valence-corrected chi connectivity index (χ2v) is 8.37. The number of aromatic nitrogens is 3. The SMILES string of the molecule is Nc1ccc(-c2ccc(-n3c(CC4CCN(C(=O)C5CC5)C4)n[nH]c3=O)cc2)cc1. The van der Waals surface area contributed by atoms with Crippen LogP contribution in [0.4, 0.5) is 5.69 Å². The molecule has 7 heteroatoms. The quantitative estimate of drug-likeness (QED) is 0.640. The van der Waals surface area contributed by atoms with Gasteiger partial charge in [0.1, 0.15) is 5.82 Å². The molecular formula is C23H25N5O2. The maximum Gasteiger partial charge on any atom is 0.347 e. The van der Waals surface area contributed by atoms with Crippen LogP contribution in [-0.2, 0) is 11.2 Å². The van der Waals surface area contributed by atoms with E-state index in [1.807, 2.05) is 53.4 Å². The number of carbonyl (C=O) groups excluding carboxylic acids is 1. The molecule has 1 saturated heterocycles. The molecule has 1 amide bonds. The molecule has 1 atom stereocenters. The van der Waals surface area contributed by atoms with Gasteiger partial charge in [-0.1, -0.05) is 24.3 Å². The summed E-state index contributed by atoms with van der Waals surface area (Å²) in [5, 5.41) is 6.86. The third kappa shape index (κ3) is 3.63. The first-order valence-corrected chi connectivity index (χ1v) is 10.5. The highest BCUT2D eigenvalue weighted by molar-refractivity contribution is 5.81. The minimum absolute atomic E-state index is 0.242. The van der Waals surface area contributed by atoms with Crippen molar-refractivity contribution in [1.29, 1.82) is 0 Å². The smallest absolute Gasteiger partial charge is 0.347 e. The largest absolute Gasteiger partial charge is 0.399 e. The first-order valence-electron chi connectivity index (χ1n) is 10.5. The van der Waals surface area contributed by atoms with Crippen LogP contribution in [0.25, 0.3) is 16.8 Å². The molecular weight excluding hydrogens is 378 g/mol. The van der Waals surface area contributed by atoms with Crippen molar-refractivity contribution < 1.29 is 4.79 Å². The Balaban J connectivity index is 1.33. The summed E-state index contributed by atoms with van der Waals surface area (Å²) >= 11 is 0. The molecule has 3 aromatic rings. The molecule has 0 spiro atoms. The van der Waals surface area contributed by atoms with Crippen molar-refractivity contribution in [2.75, 3.05) is 18.8 Å². The van der Waals surface area contributed by atoms with Crippen LogP contribution in [0.1, 0.15) is 25.1 Å². The third-order valence-electron chi connectivity index (χ3n) is 6.11. The number of nitrogens with zero attached hydrogens (tertiary/aromatic N) is 3. The maximum atomic E-state index is 12.4. The molecule has 5 rings (SSSR count). The average molecular weight is 403 g/mol. The molecule has 1 unspecified atom stereocenters. The molecule has 2 aliphatic rings. The lowest BCUT2D eigenvalue weighted by Gasteiger charge is -2.16. The summed E-state index contributed by atoms with van der Waals surface area (Å²) in [7, 11) is 0. The zero-order valence-electron chi connectivity index (χ0n) is 16.8. The van der Waals surface area contributed by atoms with E-state index in [0.717, 1.165) is 54.9 Å². The van der Waals surface area contributed by atoms with Gasteiger partial charge in [-0.25, -0.2) is 14.5 Å². The van der Waals surface area contributed by atoms with Gasteiger partial charge in [-0.05, 0) is 60.6 Å². The average Bonchev–Trinajstić information content (AvgIpc) is 3.41. The number of benzene rings is 2. The van der Waals surface area contributed by atoms with Crippen LogP contribution in [0.5, 0.6) is 0 Å². The van der Waals surface area contributed by atoms with Crippen LogP contribution in [0.2, 0.25) is 0 Å². The maximum absolute atomic E-state index is 12.4. The Hall–Kier alpha value is -3.35. The first kappa shape index (κ1) is 18.7. The first-order chi connectivity index (χ1) is 14.6. The van der Waals surface area contributed by atoms with Crippen molar-refractivity contribution in [2.24, 2.45) is 11.8 Å². The van der Waals surface area contributed by atoms with Crippen molar-refractivity contribution in [1.82, 2.24) is 19.7 Å². The van der Waals surface area contributed by atoms with Crippen LogP contribution in [0.15, 0.2) is 53.3 Å². The van der Waals surface area contributed by atoms with Crippen molar-refractivity contribution >= 4 is 11.6 Å². The van der Waals surface area contributed by atoms with Crippen molar-refractivity contribution in [3.8, 4) is 16.8 Å². The number of likely N-dealkylation sites (tertiary alicyclic amines) is 1. The molecule has 1 aliphatic heterocycles. The molecule has 1 saturated carbocycles. The number of rotatable bonds is 5. The number of nitrogens with two attached hydrogens (primary N) is 1. The number of aromatic amines is 1. The number of anilines is 1. The van der Waals surface area contributed by atoms with Gasteiger partial charge >= 0.3 is 5.69 Å². The van der Waals surface area contributed by atoms with Crippen LogP contribution in [-0.4, -0.2) is 38.7 Å². The molecule has 30 heavy (non-hydrogen) atoms. The number of carbonyl (C=O) groups is 1. The monoisotopic (exact) mass is 403 g/mol. The third-order valence-corrected chi connectivity index (χ3v) is 6.11. The topological polar surface area (TPSA) is 97.0 Å². The van der Waals surface area contributed by atoms with E-state index >= 15 is 0 Å². The summed E-state index contributed by atoms with van der Waals surface area (Å²) in [6.45, 7) is 1.57. The highest BCUT2D eigenvalue weighted by Gasteiger charge is 2.36. The van der Waals surface area contributed by atoms with E-state index in [0.29, 0.717) is 24.1 Å². The summed E-state index contributed by atoms with van der Waals surface area (Å²) in [4.78, 5) is 26.7. The summed E-state index contributed by atoms with van der Waals surface area (Å²) in [6.07, 6.45) is 3.69. The Labute approximate surface area is 174 Å². The van der Waals surface area contributed by atoms with E-state index in [-0.39, 0.29) is 11.6 Å². The zero-order chi connectivity index (χ0) is 20.7. The number of amides is 1. The predicted octanol–water partition coefficient (Wildman–Crippen LogP) is 2.61. The van der Waals surface area contributed by atoms with E-state index in [1.54, 1.807) is 4.57 Å². The Morgan fingerprint density at radius 2 is 1.70 bits per heavy atom. The summed E-state index contributed by atoms with van der Waals surface area (Å²) < 4.78 is 1.64. The minimum Gasteiger partial charge on any atom is -0.399 e.